The SMILES string of the molecule is COC(=O)c1nccc2c(S(=O)(=O)N3CC4CCC(N)C4C3)cccc12. The first-order valence-corrected chi connectivity index (χ1v) is 10.1. The van der Waals surface area contributed by atoms with E-state index in [0.717, 1.165) is 12.8 Å². The number of methoxy groups -OCH3 is 1. The molecule has 3 atom stereocenters. The van der Waals surface area contributed by atoms with Crippen molar-refractivity contribution in [2.75, 3.05) is 20.2 Å². The van der Waals surface area contributed by atoms with Crippen LogP contribution in [0.25, 0.3) is 10.8 Å². The second-order valence-corrected chi connectivity index (χ2v) is 8.90. The Balaban J connectivity index is 1.78. The molecule has 138 valence electrons. The Morgan fingerprint density at radius 3 is 2.77 bits per heavy atom. The first-order chi connectivity index (χ1) is 12.4. The number of aromatic nitrogens is 1. The van der Waals surface area contributed by atoms with Crippen LogP contribution in [0.4, 0.5) is 0 Å². The molecule has 2 fully saturated rings. The minimum absolute atomic E-state index is 0.0721. The lowest BCUT2D eigenvalue weighted by atomic mass is 9.98. The Bertz CT molecular complexity index is 976. The summed E-state index contributed by atoms with van der Waals surface area (Å²) in [7, 11) is -2.41. The number of sulfonamides is 1. The van der Waals surface area contributed by atoms with Gasteiger partial charge in [0, 0.05) is 36.1 Å². The van der Waals surface area contributed by atoms with Gasteiger partial charge in [-0.05, 0) is 36.8 Å². The van der Waals surface area contributed by atoms with Crippen LogP contribution >= 0.6 is 0 Å². The Kier molecular flexibility index (Phi) is 4.21. The third kappa shape index (κ3) is 2.60. The number of nitrogens with two attached hydrogens (primary N) is 1. The summed E-state index contributed by atoms with van der Waals surface area (Å²) >= 11 is 0. The van der Waals surface area contributed by atoms with Crippen molar-refractivity contribution in [3.8, 4) is 0 Å². The van der Waals surface area contributed by atoms with Crippen molar-refractivity contribution < 1.29 is 17.9 Å². The summed E-state index contributed by atoms with van der Waals surface area (Å²) in [5.74, 6) is -0.0269. The molecule has 8 heteroatoms. The highest BCUT2D eigenvalue weighted by atomic mass is 32.2. The average Bonchev–Trinajstić information content (AvgIpc) is 3.23. The molecule has 2 aliphatic rings. The van der Waals surface area contributed by atoms with Crippen LogP contribution in [-0.2, 0) is 14.8 Å². The van der Waals surface area contributed by atoms with Crippen LogP contribution in [-0.4, -0.2) is 49.9 Å². The van der Waals surface area contributed by atoms with Crippen molar-refractivity contribution in [1.29, 1.82) is 0 Å². The van der Waals surface area contributed by atoms with Gasteiger partial charge in [-0.15, -0.1) is 0 Å². The summed E-state index contributed by atoms with van der Waals surface area (Å²) in [6.07, 6.45) is 3.37. The smallest absolute Gasteiger partial charge is 0.357 e. The first kappa shape index (κ1) is 17.4. The van der Waals surface area contributed by atoms with Gasteiger partial charge in [-0.25, -0.2) is 18.2 Å². The van der Waals surface area contributed by atoms with Crippen molar-refractivity contribution in [1.82, 2.24) is 9.29 Å². The van der Waals surface area contributed by atoms with E-state index in [9.17, 15) is 13.2 Å². The lowest BCUT2D eigenvalue weighted by Crippen LogP contribution is -2.33. The molecule has 1 aromatic carbocycles. The third-order valence-electron chi connectivity index (χ3n) is 5.64. The minimum atomic E-state index is -3.68. The largest absolute Gasteiger partial charge is 0.464 e. The van der Waals surface area contributed by atoms with Gasteiger partial charge in [-0.2, -0.15) is 4.31 Å². The molecule has 4 rings (SSSR count). The molecular weight excluding hydrogens is 354 g/mol. The van der Waals surface area contributed by atoms with E-state index < -0.39 is 16.0 Å². The highest BCUT2D eigenvalue weighted by Crippen LogP contribution is 2.40. The normalized spacial score (nSPS) is 26.2. The summed E-state index contributed by atoms with van der Waals surface area (Å²) in [5.41, 5.74) is 6.26. The maximum absolute atomic E-state index is 13.3. The third-order valence-corrected chi connectivity index (χ3v) is 7.53. The molecule has 1 aliphatic heterocycles. The molecule has 2 N–H and O–H groups in total. The number of hydrogen-bond acceptors (Lipinski definition) is 6. The van der Waals surface area contributed by atoms with Crippen molar-refractivity contribution in [3.63, 3.8) is 0 Å². The molecule has 1 aliphatic carbocycles. The predicted octanol–water partition coefficient (Wildman–Crippen LogP) is 1.38. The molecule has 0 radical (unpaired) electrons. The molecule has 0 bridgehead atoms. The van der Waals surface area contributed by atoms with Gasteiger partial charge < -0.3 is 10.5 Å². The Hall–Kier alpha value is -2.03. The lowest BCUT2D eigenvalue weighted by molar-refractivity contribution is 0.0596. The number of carbonyl (C=O) groups is 1. The number of rotatable bonds is 3. The van der Waals surface area contributed by atoms with Crippen molar-refractivity contribution in [2.24, 2.45) is 17.6 Å². The summed E-state index contributed by atoms with van der Waals surface area (Å²) in [4.78, 5) is 16.2. The Morgan fingerprint density at radius 1 is 1.23 bits per heavy atom. The fourth-order valence-corrected chi connectivity index (χ4v) is 6.01. The summed E-state index contributed by atoms with van der Waals surface area (Å²) in [6.45, 7) is 0.964. The molecule has 2 aromatic rings. The van der Waals surface area contributed by atoms with Gasteiger partial charge in [-0.1, -0.05) is 12.1 Å². The maximum Gasteiger partial charge on any atom is 0.357 e. The van der Waals surface area contributed by atoms with E-state index in [1.807, 2.05) is 0 Å². The van der Waals surface area contributed by atoms with Crippen LogP contribution in [0.15, 0.2) is 35.4 Å². The van der Waals surface area contributed by atoms with Gasteiger partial charge in [0.05, 0.1) is 12.0 Å². The van der Waals surface area contributed by atoms with E-state index in [4.69, 9.17) is 10.5 Å². The first-order valence-electron chi connectivity index (χ1n) is 8.65. The molecule has 26 heavy (non-hydrogen) atoms. The molecule has 0 spiro atoms. The number of fused-ring (bicyclic) bond motifs is 2. The summed E-state index contributed by atoms with van der Waals surface area (Å²) in [6, 6.07) is 6.58. The topological polar surface area (TPSA) is 103 Å². The zero-order valence-corrected chi connectivity index (χ0v) is 15.3. The van der Waals surface area contributed by atoms with E-state index in [0.29, 0.717) is 29.8 Å². The Labute approximate surface area is 152 Å². The standard InChI is InChI=1S/C18H21N3O4S/c1-25-18(22)17-13-3-2-4-16(12(13)7-8-20-17)26(23,24)21-9-11-5-6-15(19)14(11)10-21/h2-4,7-8,11,14-15H,5-6,9-10,19H2,1H3. The number of ether oxygens (including phenoxy) is 1. The van der Waals surface area contributed by atoms with Crippen LogP contribution in [0.1, 0.15) is 23.3 Å². The molecule has 2 heterocycles. The number of benzene rings is 1. The summed E-state index contributed by atoms with van der Waals surface area (Å²) in [5, 5.41) is 0.945. The van der Waals surface area contributed by atoms with E-state index in [1.54, 1.807) is 24.3 Å². The fraction of sp³-hybridized carbons (Fsp3) is 0.444. The fourth-order valence-electron chi connectivity index (χ4n) is 4.26. The molecule has 0 amide bonds. The van der Waals surface area contributed by atoms with E-state index in [-0.39, 0.29) is 22.5 Å². The van der Waals surface area contributed by atoms with Crippen LogP contribution in [0, 0.1) is 11.8 Å². The molecule has 7 nitrogen and oxygen atoms in total. The maximum atomic E-state index is 13.3. The van der Waals surface area contributed by atoms with Crippen molar-refractivity contribution in [2.45, 2.75) is 23.8 Å². The molecular formula is C18H21N3O4S. The van der Waals surface area contributed by atoms with E-state index >= 15 is 0 Å². The molecule has 1 saturated heterocycles. The van der Waals surface area contributed by atoms with Gasteiger partial charge in [-0.3, -0.25) is 0 Å². The minimum Gasteiger partial charge on any atom is -0.464 e. The van der Waals surface area contributed by atoms with E-state index in [2.05, 4.69) is 4.98 Å². The zero-order chi connectivity index (χ0) is 18.5. The molecule has 1 saturated carbocycles. The van der Waals surface area contributed by atoms with Crippen LogP contribution in [0.2, 0.25) is 0 Å². The Morgan fingerprint density at radius 2 is 2.04 bits per heavy atom. The molecule has 3 unspecified atom stereocenters. The number of pyridine rings is 1. The summed E-state index contributed by atoms with van der Waals surface area (Å²) < 4.78 is 32.9. The zero-order valence-electron chi connectivity index (χ0n) is 14.5. The van der Waals surface area contributed by atoms with Gasteiger partial charge in [0.2, 0.25) is 10.0 Å². The second kappa shape index (κ2) is 6.29. The lowest BCUT2D eigenvalue weighted by Gasteiger charge is -2.20. The average molecular weight is 375 g/mol. The van der Waals surface area contributed by atoms with Gasteiger partial charge >= 0.3 is 5.97 Å². The monoisotopic (exact) mass is 375 g/mol. The van der Waals surface area contributed by atoms with Gasteiger partial charge in [0.25, 0.3) is 0 Å². The van der Waals surface area contributed by atoms with Crippen LogP contribution in [0.5, 0.6) is 0 Å². The number of hydrogen-bond donors (Lipinski definition) is 1. The predicted molar refractivity (Wildman–Crippen MR) is 96.0 cm³/mol. The van der Waals surface area contributed by atoms with Crippen molar-refractivity contribution >= 4 is 26.8 Å². The quantitative estimate of drug-likeness (QED) is 0.813. The number of carbonyl (C=O) groups excluding carboxylic acids is 1. The highest BCUT2D eigenvalue weighted by molar-refractivity contribution is 7.89. The van der Waals surface area contributed by atoms with Crippen molar-refractivity contribution in [3.05, 3.63) is 36.2 Å². The number of esters is 1. The van der Waals surface area contributed by atoms with E-state index in [1.165, 1.54) is 17.6 Å². The molecule has 1 aromatic heterocycles. The van der Waals surface area contributed by atoms with Crippen LogP contribution in [0.3, 0.4) is 0 Å². The highest BCUT2D eigenvalue weighted by Gasteiger charge is 2.45. The van der Waals surface area contributed by atoms with Gasteiger partial charge in [0.15, 0.2) is 5.69 Å². The van der Waals surface area contributed by atoms with Gasteiger partial charge in [0.1, 0.15) is 0 Å². The second-order valence-electron chi connectivity index (χ2n) is 6.99. The number of nitrogens with zero attached hydrogens (tertiary/aromatic N) is 2. The van der Waals surface area contributed by atoms with Crippen LogP contribution < -0.4 is 5.73 Å².